The SMILES string of the molecule is Cn1nc2c(c1NC(=O)c1ccc(F)cc1F)CNCC2. The van der Waals surface area contributed by atoms with E-state index in [0.29, 0.717) is 18.4 Å². The molecule has 0 fully saturated rings. The normalized spacial score (nSPS) is 13.9. The van der Waals surface area contributed by atoms with Gasteiger partial charge in [-0.2, -0.15) is 5.10 Å². The fourth-order valence-electron chi connectivity index (χ4n) is 2.44. The molecule has 0 aliphatic carbocycles. The largest absolute Gasteiger partial charge is 0.312 e. The molecule has 1 aliphatic heterocycles. The van der Waals surface area contributed by atoms with Crippen molar-refractivity contribution in [3.8, 4) is 0 Å². The topological polar surface area (TPSA) is 59.0 Å². The van der Waals surface area contributed by atoms with Gasteiger partial charge in [0.25, 0.3) is 5.91 Å². The van der Waals surface area contributed by atoms with Crippen LogP contribution in [0, 0.1) is 11.6 Å². The molecular formula is C14H14F2N4O. The Balaban J connectivity index is 1.90. The summed E-state index contributed by atoms with van der Waals surface area (Å²) < 4.78 is 28.1. The average molecular weight is 292 g/mol. The summed E-state index contributed by atoms with van der Waals surface area (Å²) >= 11 is 0. The second-order valence-corrected chi connectivity index (χ2v) is 4.90. The van der Waals surface area contributed by atoms with Crippen LogP contribution in [0.25, 0.3) is 0 Å². The lowest BCUT2D eigenvalue weighted by atomic mass is 10.1. The first-order valence-electron chi connectivity index (χ1n) is 6.58. The number of aromatic nitrogens is 2. The second kappa shape index (κ2) is 5.25. The molecule has 1 aromatic heterocycles. The molecule has 0 radical (unpaired) electrons. The third-order valence-electron chi connectivity index (χ3n) is 3.48. The number of fused-ring (bicyclic) bond motifs is 1. The van der Waals surface area contributed by atoms with Crippen molar-refractivity contribution in [3.05, 3.63) is 46.7 Å². The fourth-order valence-corrected chi connectivity index (χ4v) is 2.44. The summed E-state index contributed by atoms with van der Waals surface area (Å²) in [7, 11) is 1.72. The van der Waals surface area contributed by atoms with Gasteiger partial charge in [0.05, 0.1) is 11.3 Å². The monoisotopic (exact) mass is 292 g/mol. The first-order valence-corrected chi connectivity index (χ1v) is 6.58. The Labute approximate surface area is 120 Å². The van der Waals surface area contributed by atoms with E-state index in [1.165, 1.54) is 0 Å². The van der Waals surface area contributed by atoms with E-state index in [-0.39, 0.29) is 5.56 Å². The lowest BCUT2D eigenvalue weighted by Crippen LogP contribution is -2.24. The standard InChI is InChI=1S/C14H14F2N4O/c1-20-13(10-7-17-5-4-12(10)19-20)18-14(21)9-3-2-8(15)6-11(9)16/h2-3,6,17H,4-5,7H2,1H3,(H,18,21). The van der Waals surface area contributed by atoms with Gasteiger partial charge in [0.15, 0.2) is 0 Å². The predicted molar refractivity (Wildman–Crippen MR) is 72.9 cm³/mol. The summed E-state index contributed by atoms with van der Waals surface area (Å²) in [6, 6.07) is 2.87. The highest BCUT2D eigenvalue weighted by Gasteiger charge is 2.22. The first-order chi connectivity index (χ1) is 10.1. The van der Waals surface area contributed by atoms with Crippen molar-refractivity contribution >= 4 is 11.7 Å². The molecule has 1 aliphatic rings. The second-order valence-electron chi connectivity index (χ2n) is 4.90. The number of hydrogen-bond donors (Lipinski definition) is 2. The lowest BCUT2D eigenvalue weighted by Gasteiger charge is -2.13. The maximum Gasteiger partial charge on any atom is 0.259 e. The zero-order valence-electron chi connectivity index (χ0n) is 11.4. The van der Waals surface area contributed by atoms with E-state index in [4.69, 9.17) is 0 Å². The van der Waals surface area contributed by atoms with E-state index in [1.54, 1.807) is 11.7 Å². The molecule has 5 nitrogen and oxygen atoms in total. The predicted octanol–water partition coefficient (Wildman–Crippen LogP) is 1.60. The van der Waals surface area contributed by atoms with Gasteiger partial charge in [-0.05, 0) is 12.1 Å². The minimum Gasteiger partial charge on any atom is -0.312 e. The third-order valence-corrected chi connectivity index (χ3v) is 3.48. The number of halogens is 2. The molecule has 2 aromatic rings. The van der Waals surface area contributed by atoms with Crippen molar-refractivity contribution in [1.82, 2.24) is 15.1 Å². The van der Waals surface area contributed by atoms with Gasteiger partial charge in [-0.1, -0.05) is 0 Å². The molecule has 0 unspecified atom stereocenters. The molecule has 1 amide bonds. The van der Waals surface area contributed by atoms with Crippen LogP contribution in [0.5, 0.6) is 0 Å². The lowest BCUT2D eigenvalue weighted by molar-refractivity contribution is 0.102. The van der Waals surface area contributed by atoms with Crippen molar-refractivity contribution in [2.45, 2.75) is 13.0 Å². The van der Waals surface area contributed by atoms with E-state index < -0.39 is 17.5 Å². The Hall–Kier alpha value is -2.28. The number of benzene rings is 1. The minimum atomic E-state index is -0.887. The van der Waals surface area contributed by atoms with Gasteiger partial charge in [-0.15, -0.1) is 0 Å². The van der Waals surface area contributed by atoms with Crippen molar-refractivity contribution < 1.29 is 13.6 Å². The van der Waals surface area contributed by atoms with E-state index in [1.807, 2.05) is 0 Å². The van der Waals surface area contributed by atoms with Crippen molar-refractivity contribution in [2.75, 3.05) is 11.9 Å². The summed E-state index contributed by atoms with van der Waals surface area (Å²) in [6.45, 7) is 1.44. The van der Waals surface area contributed by atoms with Gasteiger partial charge in [0.2, 0.25) is 0 Å². The molecule has 0 saturated carbocycles. The van der Waals surface area contributed by atoms with E-state index in [2.05, 4.69) is 15.7 Å². The highest BCUT2D eigenvalue weighted by molar-refractivity contribution is 6.04. The Kier molecular flexibility index (Phi) is 3.42. The van der Waals surface area contributed by atoms with Crippen LogP contribution in [0.3, 0.4) is 0 Å². The fraction of sp³-hybridized carbons (Fsp3) is 0.286. The summed E-state index contributed by atoms with van der Waals surface area (Å²) in [5, 5.41) is 10.2. The van der Waals surface area contributed by atoms with E-state index >= 15 is 0 Å². The first kappa shape index (κ1) is 13.7. The van der Waals surface area contributed by atoms with Crippen LogP contribution in [0.4, 0.5) is 14.6 Å². The number of nitrogens with one attached hydrogen (secondary N) is 2. The number of hydrogen-bond acceptors (Lipinski definition) is 3. The van der Waals surface area contributed by atoms with Gasteiger partial charge >= 0.3 is 0 Å². The summed E-state index contributed by atoms with van der Waals surface area (Å²) in [5.74, 6) is -1.69. The van der Waals surface area contributed by atoms with Gasteiger partial charge < -0.3 is 10.6 Å². The highest BCUT2D eigenvalue weighted by atomic mass is 19.1. The Morgan fingerprint density at radius 1 is 1.43 bits per heavy atom. The molecule has 2 N–H and O–H groups in total. The summed E-state index contributed by atoms with van der Waals surface area (Å²) in [6.07, 6.45) is 0.782. The average Bonchev–Trinajstić information content (AvgIpc) is 2.75. The molecule has 110 valence electrons. The number of nitrogens with zero attached hydrogens (tertiary/aromatic N) is 2. The third kappa shape index (κ3) is 2.52. The smallest absolute Gasteiger partial charge is 0.259 e. The molecule has 0 saturated heterocycles. The Morgan fingerprint density at radius 3 is 3.00 bits per heavy atom. The molecule has 0 bridgehead atoms. The summed E-state index contributed by atoms with van der Waals surface area (Å²) in [5.41, 5.74) is 1.63. The molecule has 0 spiro atoms. The summed E-state index contributed by atoms with van der Waals surface area (Å²) in [4.78, 5) is 12.1. The van der Waals surface area contributed by atoms with Gasteiger partial charge in [-0.3, -0.25) is 9.48 Å². The van der Waals surface area contributed by atoms with Crippen molar-refractivity contribution in [3.63, 3.8) is 0 Å². The van der Waals surface area contributed by atoms with E-state index in [0.717, 1.165) is 36.4 Å². The zero-order chi connectivity index (χ0) is 15.0. The maximum absolute atomic E-state index is 13.6. The maximum atomic E-state index is 13.6. The van der Waals surface area contributed by atoms with Crippen LogP contribution < -0.4 is 10.6 Å². The highest BCUT2D eigenvalue weighted by Crippen LogP contribution is 2.23. The molecule has 7 heteroatoms. The number of carbonyl (C=O) groups excluding carboxylic acids is 1. The van der Waals surface area contributed by atoms with Gasteiger partial charge in [-0.25, -0.2) is 8.78 Å². The number of amides is 1. The number of aryl methyl sites for hydroxylation is 1. The van der Waals surface area contributed by atoms with Gasteiger partial charge in [0, 0.05) is 38.2 Å². The molecule has 3 rings (SSSR count). The van der Waals surface area contributed by atoms with Gasteiger partial charge in [0.1, 0.15) is 17.5 Å². The quantitative estimate of drug-likeness (QED) is 0.884. The van der Waals surface area contributed by atoms with E-state index in [9.17, 15) is 13.6 Å². The van der Waals surface area contributed by atoms with Crippen LogP contribution in [-0.2, 0) is 20.0 Å². The van der Waals surface area contributed by atoms with Crippen LogP contribution in [0.15, 0.2) is 18.2 Å². The number of rotatable bonds is 2. The van der Waals surface area contributed by atoms with Crippen LogP contribution in [0.1, 0.15) is 21.6 Å². The molecule has 1 aromatic carbocycles. The number of anilines is 1. The van der Waals surface area contributed by atoms with Crippen molar-refractivity contribution in [2.24, 2.45) is 7.05 Å². The minimum absolute atomic E-state index is 0.199. The van der Waals surface area contributed by atoms with Crippen LogP contribution >= 0.6 is 0 Å². The zero-order valence-corrected chi connectivity index (χ0v) is 11.4. The van der Waals surface area contributed by atoms with Crippen LogP contribution in [0.2, 0.25) is 0 Å². The molecule has 21 heavy (non-hydrogen) atoms. The number of carbonyl (C=O) groups is 1. The Bertz CT molecular complexity index is 711. The van der Waals surface area contributed by atoms with Crippen molar-refractivity contribution in [1.29, 1.82) is 0 Å². The molecule has 0 atom stereocenters. The Morgan fingerprint density at radius 2 is 2.24 bits per heavy atom. The molecular weight excluding hydrogens is 278 g/mol. The van der Waals surface area contributed by atoms with Crippen LogP contribution in [-0.4, -0.2) is 22.2 Å². The molecule has 2 heterocycles.